The highest BCUT2D eigenvalue weighted by molar-refractivity contribution is 6.28. The molecule has 0 spiro atoms. The first-order valence-electron chi connectivity index (χ1n) is 6.99. The van der Waals surface area contributed by atoms with Gasteiger partial charge in [0.25, 0.3) is 0 Å². The number of aromatic nitrogens is 2. The highest BCUT2D eigenvalue weighted by Gasteiger charge is 2.23. The average molecular weight is 291 g/mol. The Balaban J connectivity index is 1.92. The predicted octanol–water partition coefficient (Wildman–Crippen LogP) is 2.81. The molecule has 0 amide bonds. The molecule has 0 N–H and O–H groups in total. The maximum atomic E-state index is 6.05. The Kier molecular flexibility index (Phi) is 3.76. The van der Waals surface area contributed by atoms with Crippen LogP contribution in [0.3, 0.4) is 0 Å². The number of para-hydroxylation sites is 1. The van der Waals surface area contributed by atoms with Crippen LogP contribution in [-0.2, 0) is 0 Å². The summed E-state index contributed by atoms with van der Waals surface area (Å²) >= 11 is 6.05. The lowest BCUT2D eigenvalue weighted by atomic mass is 10.2. The lowest BCUT2D eigenvalue weighted by molar-refractivity contribution is 0.314. The van der Waals surface area contributed by atoms with Crippen molar-refractivity contribution in [2.24, 2.45) is 0 Å². The summed E-state index contributed by atoms with van der Waals surface area (Å²) in [7, 11) is 4.27. The van der Waals surface area contributed by atoms with Gasteiger partial charge in [-0.3, -0.25) is 0 Å². The first-order valence-corrected chi connectivity index (χ1v) is 7.36. The maximum absolute atomic E-state index is 6.05. The fraction of sp³-hybridized carbons (Fsp3) is 0.467. The van der Waals surface area contributed by atoms with E-state index in [1.807, 2.05) is 18.2 Å². The maximum Gasteiger partial charge on any atom is 0.224 e. The molecule has 2 heterocycles. The van der Waals surface area contributed by atoms with Gasteiger partial charge >= 0.3 is 0 Å². The Morgan fingerprint density at radius 1 is 1.35 bits per heavy atom. The highest BCUT2D eigenvalue weighted by atomic mass is 35.5. The van der Waals surface area contributed by atoms with E-state index in [9.17, 15) is 0 Å². The highest BCUT2D eigenvalue weighted by Crippen LogP contribution is 2.26. The summed E-state index contributed by atoms with van der Waals surface area (Å²) in [5.41, 5.74) is 0.897. The van der Waals surface area contributed by atoms with E-state index in [0.29, 0.717) is 11.3 Å². The van der Waals surface area contributed by atoms with Crippen LogP contribution in [0.1, 0.15) is 12.8 Å². The number of nitrogens with zero attached hydrogens (tertiary/aromatic N) is 4. The van der Waals surface area contributed by atoms with Gasteiger partial charge in [-0.2, -0.15) is 4.98 Å². The number of likely N-dealkylation sites (tertiary alicyclic amines) is 1. The smallest absolute Gasteiger partial charge is 0.224 e. The van der Waals surface area contributed by atoms with Crippen molar-refractivity contribution in [3.63, 3.8) is 0 Å². The Morgan fingerprint density at radius 3 is 2.90 bits per heavy atom. The van der Waals surface area contributed by atoms with Crippen LogP contribution in [0.15, 0.2) is 24.3 Å². The minimum Gasteiger partial charge on any atom is -0.357 e. The molecule has 106 valence electrons. The van der Waals surface area contributed by atoms with E-state index in [1.54, 1.807) is 0 Å². The second-order valence-electron chi connectivity index (χ2n) is 5.49. The zero-order valence-electron chi connectivity index (χ0n) is 11.9. The predicted molar refractivity (Wildman–Crippen MR) is 83.5 cm³/mol. The molecule has 0 bridgehead atoms. The van der Waals surface area contributed by atoms with Crippen molar-refractivity contribution in [2.75, 3.05) is 32.1 Å². The van der Waals surface area contributed by atoms with Crippen molar-refractivity contribution in [1.29, 1.82) is 0 Å². The fourth-order valence-electron chi connectivity index (χ4n) is 2.94. The summed E-state index contributed by atoms with van der Waals surface area (Å²) in [6.07, 6.45) is 2.53. The first-order chi connectivity index (χ1) is 9.65. The van der Waals surface area contributed by atoms with E-state index in [1.165, 1.54) is 19.4 Å². The molecule has 2 aromatic rings. The van der Waals surface area contributed by atoms with E-state index < -0.39 is 0 Å². The first kappa shape index (κ1) is 13.6. The standard InChI is InChI=1S/C15H19ClN4/c1-19-9-5-6-11(19)10-20(2)14-12-7-3-4-8-13(12)17-15(16)18-14/h3-4,7-8,11H,5-6,9-10H2,1-2H3. The number of anilines is 1. The molecule has 1 fully saturated rings. The fourth-order valence-corrected chi connectivity index (χ4v) is 3.11. The van der Waals surface area contributed by atoms with Gasteiger partial charge in [-0.05, 0) is 50.2 Å². The number of rotatable bonds is 3. The Labute approximate surface area is 124 Å². The monoisotopic (exact) mass is 290 g/mol. The second kappa shape index (κ2) is 5.54. The number of benzene rings is 1. The molecular weight excluding hydrogens is 272 g/mol. The molecule has 3 rings (SSSR count). The van der Waals surface area contributed by atoms with Crippen molar-refractivity contribution in [1.82, 2.24) is 14.9 Å². The quantitative estimate of drug-likeness (QED) is 0.814. The minimum atomic E-state index is 0.310. The molecule has 1 aromatic heterocycles. The van der Waals surface area contributed by atoms with Gasteiger partial charge < -0.3 is 9.80 Å². The molecule has 1 aliphatic heterocycles. The average Bonchev–Trinajstić information content (AvgIpc) is 2.83. The molecule has 0 radical (unpaired) electrons. The van der Waals surface area contributed by atoms with Crippen molar-refractivity contribution in [3.05, 3.63) is 29.5 Å². The zero-order chi connectivity index (χ0) is 14.1. The second-order valence-corrected chi connectivity index (χ2v) is 5.83. The zero-order valence-corrected chi connectivity index (χ0v) is 12.6. The molecule has 4 nitrogen and oxygen atoms in total. The summed E-state index contributed by atoms with van der Waals surface area (Å²) in [5, 5.41) is 1.37. The lowest BCUT2D eigenvalue weighted by Gasteiger charge is -2.27. The van der Waals surface area contributed by atoms with Crippen molar-refractivity contribution in [3.8, 4) is 0 Å². The molecule has 1 unspecified atom stereocenters. The summed E-state index contributed by atoms with van der Waals surface area (Å²) in [4.78, 5) is 13.3. The van der Waals surface area contributed by atoms with Crippen LogP contribution in [0.4, 0.5) is 5.82 Å². The van der Waals surface area contributed by atoms with Gasteiger partial charge in [-0.15, -0.1) is 0 Å². The van der Waals surface area contributed by atoms with Crippen LogP contribution in [-0.4, -0.2) is 48.1 Å². The summed E-state index contributed by atoms with van der Waals surface area (Å²) in [6, 6.07) is 8.60. The molecule has 1 aliphatic rings. The van der Waals surface area contributed by atoms with E-state index in [-0.39, 0.29) is 0 Å². The number of hydrogen-bond donors (Lipinski definition) is 0. The summed E-state index contributed by atoms with van der Waals surface area (Å²) < 4.78 is 0. The van der Waals surface area contributed by atoms with E-state index in [2.05, 4.69) is 39.9 Å². The molecule has 1 saturated heterocycles. The van der Waals surface area contributed by atoms with Crippen LogP contribution in [0.25, 0.3) is 10.9 Å². The lowest BCUT2D eigenvalue weighted by Crippen LogP contribution is -2.37. The van der Waals surface area contributed by atoms with Crippen LogP contribution in [0.5, 0.6) is 0 Å². The molecule has 1 atom stereocenters. The molecule has 5 heteroatoms. The Morgan fingerprint density at radius 2 is 2.15 bits per heavy atom. The van der Waals surface area contributed by atoms with Crippen molar-refractivity contribution >= 4 is 28.3 Å². The van der Waals surface area contributed by atoms with E-state index in [4.69, 9.17) is 11.6 Å². The SMILES string of the molecule is CN(CC1CCCN1C)c1nc(Cl)nc2ccccc12. The van der Waals surface area contributed by atoms with Gasteiger partial charge in [-0.25, -0.2) is 4.98 Å². The summed E-state index contributed by atoms with van der Waals surface area (Å²) in [6.45, 7) is 2.15. The number of halogens is 1. The molecule has 0 aliphatic carbocycles. The van der Waals surface area contributed by atoms with Gasteiger partial charge in [-0.1, -0.05) is 12.1 Å². The van der Waals surface area contributed by atoms with Crippen molar-refractivity contribution < 1.29 is 0 Å². The normalized spacial score (nSPS) is 19.6. The molecule has 0 saturated carbocycles. The van der Waals surface area contributed by atoms with Crippen LogP contribution < -0.4 is 4.90 Å². The summed E-state index contributed by atoms with van der Waals surface area (Å²) in [5.74, 6) is 0.918. The van der Waals surface area contributed by atoms with Crippen molar-refractivity contribution in [2.45, 2.75) is 18.9 Å². The number of hydrogen-bond acceptors (Lipinski definition) is 4. The molecular formula is C15H19ClN4. The van der Waals surface area contributed by atoms with Gasteiger partial charge in [0.1, 0.15) is 5.82 Å². The van der Waals surface area contributed by atoms with Gasteiger partial charge in [0.15, 0.2) is 0 Å². The van der Waals surface area contributed by atoms with Gasteiger partial charge in [0.2, 0.25) is 5.28 Å². The van der Waals surface area contributed by atoms with Gasteiger partial charge in [0.05, 0.1) is 5.52 Å². The van der Waals surface area contributed by atoms with Crippen LogP contribution in [0, 0.1) is 0 Å². The Bertz CT molecular complexity index is 616. The third kappa shape index (κ3) is 2.58. The minimum absolute atomic E-state index is 0.310. The number of fused-ring (bicyclic) bond motifs is 1. The Hall–Kier alpha value is -1.39. The van der Waals surface area contributed by atoms with Gasteiger partial charge in [0, 0.05) is 25.0 Å². The topological polar surface area (TPSA) is 32.3 Å². The van der Waals surface area contributed by atoms with E-state index >= 15 is 0 Å². The third-order valence-electron chi connectivity index (χ3n) is 4.07. The largest absolute Gasteiger partial charge is 0.357 e. The van der Waals surface area contributed by atoms with Crippen LogP contribution in [0.2, 0.25) is 5.28 Å². The third-order valence-corrected chi connectivity index (χ3v) is 4.24. The van der Waals surface area contributed by atoms with E-state index in [0.717, 1.165) is 23.3 Å². The molecule has 1 aromatic carbocycles. The van der Waals surface area contributed by atoms with Crippen LogP contribution >= 0.6 is 11.6 Å². The molecule has 20 heavy (non-hydrogen) atoms. The number of likely N-dealkylation sites (N-methyl/N-ethyl adjacent to an activating group) is 2.